The normalized spacial score (nSPS) is 13.7. The standard InChI is InChI=1S/C26H25N3O2S/c1-31-22-15-14-21(18-6-3-2-4-7-18)24-23(22)28-26(32-24)29-25(30)19-12-10-17(11-13-19)16-27-20-8-5-9-20/h2-4,6-7,10-15,20,27H,5,8-9,16H2,1H3,(H,28,29,30). The highest BCUT2D eigenvalue weighted by molar-refractivity contribution is 7.23. The van der Waals surface area contributed by atoms with Gasteiger partial charge in [-0.25, -0.2) is 4.98 Å². The first-order chi connectivity index (χ1) is 15.7. The molecule has 0 aliphatic heterocycles. The predicted molar refractivity (Wildman–Crippen MR) is 130 cm³/mol. The maximum Gasteiger partial charge on any atom is 0.257 e. The van der Waals surface area contributed by atoms with E-state index in [1.807, 2.05) is 54.6 Å². The predicted octanol–water partition coefficient (Wildman–Crippen LogP) is 5.87. The number of hydrogen-bond donors (Lipinski definition) is 2. The van der Waals surface area contributed by atoms with E-state index in [0.29, 0.717) is 22.5 Å². The van der Waals surface area contributed by atoms with E-state index in [4.69, 9.17) is 4.74 Å². The number of hydrogen-bond acceptors (Lipinski definition) is 5. The van der Waals surface area contributed by atoms with Gasteiger partial charge in [0.15, 0.2) is 5.13 Å². The van der Waals surface area contributed by atoms with Crippen molar-refractivity contribution >= 4 is 32.6 Å². The van der Waals surface area contributed by atoms with Crippen LogP contribution in [0, 0.1) is 0 Å². The summed E-state index contributed by atoms with van der Waals surface area (Å²) in [7, 11) is 1.63. The molecule has 162 valence electrons. The number of carbonyl (C=O) groups excluding carboxylic acids is 1. The van der Waals surface area contributed by atoms with E-state index in [0.717, 1.165) is 27.9 Å². The van der Waals surface area contributed by atoms with Gasteiger partial charge in [0.25, 0.3) is 5.91 Å². The first kappa shape index (κ1) is 20.7. The molecule has 6 heteroatoms. The van der Waals surface area contributed by atoms with E-state index in [9.17, 15) is 4.79 Å². The van der Waals surface area contributed by atoms with Crippen molar-refractivity contribution in [2.24, 2.45) is 0 Å². The number of amides is 1. The minimum Gasteiger partial charge on any atom is -0.494 e. The second-order valence-corrected chi connectivity index (χ2v) is 9.04. The Hall–Kier alpha value is -3.22. The summed E-state index contributed by atoms with van der Waals surface area (Å²) < 4.78 is 6.50. The first-order valence-corrected chi connectivity index (χ1v) is 11.7. The number of aromatic nitrogens is 1. The Morgan fingerprint density at radius 2 is 1.84 bits per heavy atom. The smallest absolute Gasteiger partial charge is 0.257 e. The number of carbonyl (C=O) groups is 1. The van der Waals surface area contributed by atoms with Crippen LogP contribution in [0.15, 0.2) is 66.7 Å². The molecule has 1 saturated carbocycles. The lowest BCUT2D eigenvalue weighted by Gasteiger charge is -2.26. The Bertz CT molecular complexity index is 1230. The Morgan fingerprint density at radius 1 is 1.06 bits per heavy atom. The highest BCUT2D eigenvalue weighted by atomic mass is 32.1. The molecule has 5 nitrogen and oxygen atoms in total. The molecule has 1 aromatic heterocycles. The van der Waals surface area contributed by atoms with Crippen LogP contribution in [0.2, 0.25) is 0 Å². The van der Waals surface area contributed by atoms with Gasteiger partial charge in [-0.3, -0.25) is 10.1 Å². The fourth-order valence-corrected chi connectivity index (χ4v) is 4.88. The summed E-state index contributed by atoms with van der Waals surface area (Å²) >= 11 is 1.46. The Morgan fingerprint density at radius 3 is 2.53 bits per heavy atom. The summed E-state index contributed by atoms with van der Waals surface area (Å²) in [5.74, 6) is 0.530. The van der Waals surface area contributed by atoms with E-state index in [-0.39, 0.29) is 5.91 Å². The van der Waals surface area contributed by atoms with E-state index >= 15 is 0 Å². The zero-order chi connectivity index (χ0) is 21.9. The van der Waals surface area contributed by atoms with E-state index in [1.165, 1.54) is 36.2 Å². The number of nitrogens with zero attached hydrogens (tertiary/aromatic N) is 1. The lowest BCUT2D eigenvalue weighted by atomic mass is 9.93. The van der Waals surface area contributed by atoms with Crippen LogP contribution in [-0.2, 0) is 6.54 Å². The summed E-state index contributed by atoms with van der Waals surface area (Å²) in [6, 6.07) is 22.5. The highest BCUT2D eigenvalue weighted by Crippen LogP contribution is 2.39. The lowest BCUT2D eigenvalue weighted by Crippen LogP contribution is -2.34. The molecule has 2 N–H and O–H groups in total. The van der Waals surface area contributed by atoms with E-state index in [1.54, 1.807) is 7.11 Å². The molecule has 3 aromatic carbocycles. The van der Waals surface area contributed by atoms with E-state index in [2.05, 4.69) is 27.8 Å². The van der Waals surface area contributed by atoms with Gasteiger partial charge in [-0.1, -0.05) is 60.2 Å². The maximum atomic E-state index is 12.8. The Kier molecular flexibility index (Phi) is 5.88. The Balaban J connectivity index is 1.36. The molecule has 0 atom stereocenters. The molecule has 1 amide bonds. The van der Waals surface area contributed by atoms with Crippen molar-refractivity contribution in [1.29, 1.82) is 0 Å². The van der Waals surface area contributed by atoms with Crippen molar-refractivity contribution in [3.8, 4) is 16.9 Å². The van der Waals surface area contributed by atoms with Gasteiger partial charge in [0.1, 0.15) is 11.3 Å². The SMILES string of the molecule is COc1ccc(-c2ccccc2)c2sc(NC(=O)c3ccc(CNC4CCC4)cc3)nc12. The van der Waals surface area contributed by atoms with Gasteiger partial charge in [-0.2, -0.15) is 0 Å². The van der Waals surface area contributed by atoms with E-state index < -0.39 is 0 Å². The second kappa shape index (κ2) is 9.10. The van der Waals surface area contributed by atoms with Crippen molar-refractivity contribution in [3.63, 3.8) is 0 Å². The first-order valence-electron chi connectivity index (χ1n) is 10.9. The molecular weight excluding hydrogens is 418 g/mol. The Labute approximate surface area is 191 Å². The molecule has 1 fully saturated rings. The van der Waals surface area contributed by atoms with Gasteiger partial charge in [0.05, 0.1) is 11.8 Å². The van der Waals surface area contributed by atoms with Crippen LogP contribution in [0.4, 0.5) is 5.13 Å². The molecule has 1 aliphatic carbocycles. The zero-order valence-corrected chi connectivity index (χ0v) is 18.7. The molecule has 4 aromatic rings. The highest BCUT2D eigenvalue weighted by Gasteiger charge is 2.17. The zero-order valence-electron chi connectivity index (χ0n) is 17.9. The third-order valence-electron chi connectivity index (χ3n) is 5.95. The van der Waals surface area contributed by atoms with Crippen molar-refractivity contribution in [2.45, 2.75) is 31.8 Å². The van der Waals surface area contributed by atoms with Crippen molar-refractivity contribution in [2.75, 3.05) is 12.4 Å². The quantitative estimate of drug-likeness (QED) is 0.375. The summed E-state index contributed by atoms with van der Waals surface area (Å²) in [4.78, 5) is 17.5. The molecule has 1 heterocycles. The average molecular weight is 444 g/mol. The van der Waals surface area contributed by atoms with Gasteiger partial charge in [-0.15, -0.1) is 0 Å². The van der Waals surface area contributed by atoms with Gasteiger partial charge >= 0.3 is 0 Å². The largest absolute Gasteiger partial charge is 0.494 e. The van der Waals surface area contributed by atoms with Crippen LogP contribution >= 0.6 is 11.3 Å². The van der Waals surface area contributed by atoms with Crippen molar-refractivity contribution in [1.82, 2.24) is 10.3 Å². The second-order valence-electron chi connectivity index (χ2n) is 8.04. The number of anilines is 1. The summed E-state index contributed by atoms with van der Waals surface area (Å²) in [5.41, 5.74) is 4.74. The fraction of sp³-hybridized carbons (Fsp3) is 0.231. The van der Waals surface area contributed by atoms with Crippen LogP contribution in [0.1, 0.15) is 35.2 Å². The minimum atomic E-state index is -0.164. The molecule has 0 radical (unpaired) electrons. The molecule has 0 saturated heterocycles. The van der Waals surface area contributed by atoms with Crippen LogP contribution in [0.3, 0.4) is 0 Å². The molecule has 0 unspecified atom stereocenters. The number of ether oxygens (including phenoxy) is 1. The molecule has 0 spiro atoms. The summed E-state index contributed by atoms with van der Waals surface area (Å²) in [6.45, 7) is 0.840. The van der Waals surface area contributed by atoms with Crippen LogP contribution in [-0.4, -0.2) is 24.0 Å². The number of nitrogens with one attached hydrogen (secondary N) is 2. The van der Waals surface area contributed by atoms with Crippen LogP contribution in [0.25, 0.3) is 21.3 Å². The summed E-state index contributed by atoms with van der Waals surface area (Å²) in [5, 5.41) is 7.07. The van der Waals surface area contributed by atoms with Crippen LogP contribution in [0.5, 0.6) is 5.75 Å². The van der Waals surface area contributed by atoms with Crippen LogP contribution < -0.4 is 15.4 Å². The van der Waals surface area contributed by atoms with Crippen molar-refractivity contribution in [3.05, 3.63) is 77.9 Å². The number of methoxy groups -OCH3 is 1. The van der Waals surface area contributed by atoms with Crippen molar-refractivity contribution < 1.29 is 9.53 Å². The monoisotopic (exact) mass is 443 g/mol. The van der Waals surface area contributed by atoms with Gasteiger partial charge in [-0.05, 0) is 48.2 Å². The fourth-order valence-electron chi connectivity index (χ4n) is 3.86. The number of rotatable bonds is 7. The van der Waals surface area contributed by atoms with Gasteiger partial charge in [0, 0.05) is 23.7 Å². The summed E-state index contributed by atoms with van der Waals surface area (Å²) in [6.07, 6.45) is 3.85. The van der Waals surface area contributed by atoms with Gasteiger partial charge in [0.2, 0.25) is 0 Å². The third kappa shape index (κ3) is 4.24. The minimum absolute atomic E-state index is 0.164. The molecular formula is C26H25N3O2S. The average Bonchev–Trinajstić information content (AvgIpc) is 3.22. The molecule has 32 heavy (non-hydrogen) atoms. The number of fused-ring (bicyclic) bond motifs is 1. The maximum absolute atomic E-state index is 12.8. The van der Waals surface area contributed by atoms with Gasteiger partial charge < -0.3 is 10.1 Å². The topological polar surface area (TPSA) is 63.2 Å². The molecule has 0 bridgehead atoms. The number of thiazole rings is 1. The molecule has 5 rings (SSSR count). The lowest BCUT2D eigenvalue weighted by molar-refractivity contribution is 0.102. The third-order valence-corrected chi connectivity index (χ3v) is 6.95. The number of benzene rings is 3. The molecule has 1 aliphatic rings.